The summed E-state index contributed by atoms with van der Waals surface area (Å²) in [7, 11) is 0. The van der Waals surface area contributed by atoms with Crippen molar-refractivity contribution in [3.8, 4) is 0 Å². The first-order valence-corrected chi connectivity index (χ1v) is 7.16. The number of halogens is 2. The average Bonchev–Trinajstić information content (AvgIpc) is 2.49. The summed E-state index contributed by atoms with van der Waals surface area (Å²) >= 11 is 5.75. The fourth-order valence-corrected chi connectivity index (χ4v) is 2.33. The molecule has 1 heterocycles. The number of carbonyl (C=O) groups excluding carboxylic acids is 1. The highest BCUT2D eigenvalue weighted by Gasteiger charge is 2.25. The van der Waals surface area contributed by atoms with Crippen LogP contribution in [0.1, 0.15) is 18.1 Å². The number of amides is 2. The van der Waals surface area contributed by atoms with Gasteiger partial charge in [0.2, 0.25) is 0 Å². The fourth-order valence-electron chi connectivity index (χ4n) is 2.14. The van der Waals surface area contributed by atoms with Crippen LogP contribution in [0.2, 0.25) is 5.02 Å². The van der Waals surface area contributed by atoms with Gasteiger partial charge in [-0.15, -0.1) is 0 Å². The van der Waals surface area contributed by atoms with E-state index in [1.807, 2.05) is 0 Å². The van der Waals surface area contributed by atoms with E-state index >= 15 is 0 Å². The van der Waals surface area contributed by atoms with Crippen LogP contribution in [-0.2, 0) is 9.53 Å². The molecule has 1 saturated heterocycles. The number of carboxylic acid groups (broad SMARTS) is 1. The molecule has 2 rings (SSSR count). The smallest absolute Gasteiger partial charge is 0.317 e. The summed E-state index contributed by atoms with van der Waals surface area (Å²) in [6.07, 6.45) is -0.523. The molecule has 120 valence electrons. The molecule has 0 aromatic heterocycles. The lowest BCUT2D eigenvalue weighted by Crippen LogP contribution is -2.47. The molecule has 22 heavy (non-hydrogen) atoms. The first-order chi connectivity index (χ1) is 10.5. The summed E-state index contributed by atoms with van der Waals surface area (Å²) in [5, 5.41) is 11.1. The van der Waals surface area contributed by atoms with E-state index in [0.717, 1.165) is 0 Å². The minimum absolute atomic E-state index is 0.00383. The molecule has 0 aliphatic carbocycles. The third-order valence-electron chi connectivity index (χ3n) is 3.28. The van der Waals surface area contributed by atoms with Gasteiger partial charge in [-0.05, 0) is 17.7 Å². The number of carbonyl (C=O) groups is 2. The topological polar surface area (TPSA) is 78.9 Å². The molecule has 1 aromatic rings. The summed E-state index contributed by atoms with van der Waals surface area (Å²) < 4.78 is 18.8. The second-order valence-electron chi connectivity index (χ2n) is 4.85. The van der Waals surface area contributed by atoms with Crippen molar-refractivity contribution in [2.45, 2.75) is 12.5 Å². The molecule has 0 radical (unpaired) electrons. The van der Waals surface area contributed by atoms with E-state index in [2.05, 4.69) is 5.32 Å². The van der Waals surface area contributed by atoms with Crippen molar-refractivity contribution < 1.29 is 23.8 Å². The Morgan fingerprint density at radius 2 is 2.27 bits per heavy atom. The summed E-state index contributed by atoms with van der Waals surface area (Å²) in [6.45, 7) is 1.11. The fraction of sp³-hybridized carbons (Fsp3) is 0.429. The van der Waals surface area contributed by atoms with E-state index in [9.17, 15) is 14.0 Å². The second kappa shape index (κ2) is 7.42. The van der Waals surface area contributed by atoms with Gasteiger partial charge in [0.05, 0.1) is 24.6 Å². The molecule has 1 aliphatic rings. The van der Waals surface area contributed by atoms with Crippen LogP contribution in [0.3, 0.4) is 0 Å². The third kappa shape index (κ3) is 4.32. The van der Waals surface area contributed by atoms with Gasteiger partial charge in [0.1, 0.15) is 11.9 Å². The number of hydrogen-bond donors (Lipinski definition) is 2. The number of nitrogens with one attached hydrogen (secondary N) is 1. The Balaban J connectivity index is 1.94. The first kappa shape index (κ1) is 16.5. The van der Waals surface area contributed by atoms with Crippen molar-refractivity contribution in [3.63, 3.8) is 0 Å². The zero-order valence-electron chi connectivity index (χ0n) is 11.7. The minimum atomic E-state index is -0.971. The number of benzene rings is 1. The Bertz CT molecular complexity index is 570. The standard InChI is InChI=1S/C14H16ClFN2O4/c15-10-7-9(1-2-11(10)16)12-8-18(5-6-22-12)14(21)17-4-3-13(19)20/h1-2,7,12H,3-6,8H2,(H,17,21)(H,19,20). The SMILES string of the molecule is O=C(O)CCNC(=O)N1CCOC(c2ccc(F)c(Cl)c2)C1. The third-order valence-corrected chi connectivity index (χ3v) is 3.57. The first-order valence-electron chi connectivity index (χ1n) is 6.78. The lowest BCUT2D eigenvalue weighted by atomic mass is 10.1. The van der Waals surface area contributed by atoms with Gasteiger partial charge < -0.3 is 20.1 Å². The number of morpholine rings is 1. The number of carboxylic acids is 1. The normalized spacial score (nSPS) is 18.1. The van der Waals surface area contributed by atoms with E-state index in [-0.39, 0.29) is 24.0 Å². The van der Waals surface area contributed by atoms with Crippen LogP contribution < -0.4 is 5.32 Å². The van der Waals surface area contributed by atoms with Gasteiger partial charge in [-0.2, -0.15) is 0 Å². The number of nitrogens with zero attached hydrogens (tertiary/aromatic N) is 1. The lowest BCUT2D eigenvalue weighted by Gasteiger charge is -2.33. The van der Waals surface area contributed by atoms with Gasteiger partial charge in [0, 0.05) is 13.1 Å². The van der Waals surface area contributed by atoms with E-state index < -0.39 is 17.9 Å². The molecule has 0 saturated carbocycles. The van der Waals surface area contributed by atoms with E-state index in [1.165, 1.54) is 17.0 Å². The second-order valence-corrected chi connectivity index (χ2v) is 5.26. The van der Waals surface area contributed by atoms with Crippen molar-refractivity contribution in [3.05, 3.63) is 34.6 Å². The summed E-state index contributed by atoms with van der Waals surface area (Å²) in [5.41, 5.74) is 0.689. The van der Waals surface area contributed by atoms with E-state index in [0.29, 0.717) is 25.3 Å². The predicted molar refractivity (Wildman–Crippen MR) is 77.3 cm³/mol. The highest BCUT2D eigenvalue weighted by molar-refractivity contribution is 6.30. The molecular weight excluding hydrogens is 315 g/mol. The molecule has 2 N–H and O–H groups in total. The maximum atomic E-state index is 13.2. The van der Waals surface area contributed by atoms with Crippen molar-refractivity contribution in [1.29, 1.82) is 0 Å². The Kier molecular flexibility index (Phi) is 5.57. The highest BCUT2D eigenvalue weighted by Crippen LogP contribution is 2.26. The average molecular weight is 331 g/mol. The molecule has 1 unspecified atom stereocenters. The predicted octanol–water partition coefficient (Wildman–Crippen LogP) is 2.04. The zero-order valence-corrected chi connectivity index (χ0v) is 12.5. The van der Waals surface area contributed by atoms with Gasteiger partial charge in [0.15, 0.2) is 0 Å². The molecule has 0 bridgehead atoms. The van der Waals surface area contributed by atoms with Crippen LogP contribution in [0.15, 0.2) is 18.2 Å². The van der Waals surface area contributed by atoms with Crippen molar-refractivity contribution in [1.82, 2.24) is 10.2 Å². The Hall–Kier alpha value is -1.86. The van der Waals surface area contributed by atoms with Crippen LogP contribution in [0.5, 0.6) is 0 Å². The highest BCUT2D eigenvalue weighted by atomic mass is 35.5. The number of hydrogen-bond acceptors (Lipinski definition) is 3. The Morgan fingerprint density at radius 1 is 1.50 bits per heavy atom. The molecule has 1 fully saturated rings. The van der Waals surface area contributed by atoms with Crippen LogP contribution >= 0.6 is 11.6 Å². The van der Waals surface area contributed by atoms with Crippen molar-refractivity contribution in [2.24, 2.45) is 0 Å². The van der Waals surface area contributed by atoms with E-state index in [1.54, 1.807) is 6.07 Å². The summed E-state index contributed by atoms with van der Waals surface area (Å²) in [6, 6.07) is 3.96. The van der Waals surface area contributed by atoms with Gasteiger partial charge in [0.25, 0.3) is 0 Å². The molecule has 8 heteroatoms. The quantitative estimate of drug-likeness (QED) is 0.885. The number of aliphatic carboxylic acids is 1. The number of ether oxygens (including phenoxy) is 1. The maximum absolute atomic E-state index is 13.2. The Morgan fingerprint density at radius 3 is 2.95 bits per heavy atom. The van der Waals surface area contributed by atoms with Gasteiger partial charge in [-0.3, -0.25) is 4.79 Å². The van der Waals surface area contributed by atoms with Crippen LogP contribution in [0.25, 0.3) is 0 Å². The molecule has 1 aliphatic heterocycles. The molecule has 1 atom stereocenters. The van der Waals surface area contributed by atoms with Crippen LogP contribution in [0.4, 0.5) is 9.18 Å². The van der Waals surface area contributed by atoms with E-state index in [4.69, 9.17) is 21.4 Å². The molecule has 2 amide bonds. The largest absolute Gasteiger partial charge is 0.481 e. The van der Waals surface area contributed by atoms with Crippen LogP contribution in [0, 0.1) is 5.82 Å². The number of urea groups is 1. The minimum Gasteiger partial charge on any atom is -0.481 e. The summed E-state index contributed by atoms with van der Waals surface area (Å²) in [4.78, 5) is 23.9. The lowest BCUT2D eigenvalue weighted by molar-refractivity contribution is -0.136. The molecule has 1 aromatic carbocycles. The van der Waals surface area contributed by atoms with Crippen molar-refractivity contribution in [2.75, 3.05) is 26.2 Å². The molecule has 0 spiro atoms. The number of rotatable bonds is 4. The zero-order chi connectivity index (χ0) is 16.1. The molecular formula is C14H16ClFN2O4. The van der Waals surface area contributed by atoms with Gasteiger partial charge >= 0.3 is 12.0 Å². The Labute approximate surface area is 131 Å². The van der Waals surface area contributed by atoms with Gasteiger partial charge in [-0.25, -0.2) is 9.18 Å². The molecule has 6 nitrogen and oxygen atoms in total. The summed E-state index contributed by atoms with van der Waals surface area (Å²) in [5.74, 6) is -1.48. The monoisotopic (exact) mass is 330 g/mol. The maximum Gasteiger partial charge on any atom is 0.317 e. The van der Waals surface area contributed by atoms with Crippen LogP contribution in [-0.4, -0.2) is 48.2 Å². The van der Waals surface area contributed by atoms with Crippen molar-refractivity contribution >= 4 is 23.6 Å². The van der Waals surface area contributed by atoms with Gasteiger partial charge in [-0.1, -0.05) is 17.7 Å².